The molecule has 162 valence electrons. The predicted molar refractivity (Wildman–Crippen MR) is 129 cm³/mol. The number of fused-ring (bicyclic) bond motifs is 2. The second-order valence-corrected chi connectivity index (χ2v) is 10.8. The van der Waals surface area contributed by atoms with E-state index < -0.39 is 7.14 Å². The average Bonchev–Trinajstić information content (AvgIpc) is 3.55. The lowest BCUT2D eigenvalue weighted by Gasteiger charge is -2.20. The Hall–Kier alpha value is -3.82. The molecule has 0 aliphatic carbocycles. The molecule has 0 fully saturated rings. The minimum Gasteiger partial charge on any atom is -0.464 e. The highest BCUT2D eigenvalue weighted by atomic mass is 31.2. The monoisotopic (exact) mass is 453 g/mol. The Morgan fingerprint density at radius 1 is 0.788 bits per heavy atom. The minimum absolute atomic E-state index is 0.195. The number of hydrogen-bond donors (Lipinski definition) is 0. The lowest BCUT2D eigenvalue weighted by molar-refractivity contribution is 0.174. The summed E-state index contributed by atoms with van der Waals surface area (Å²) in [6.07, 6.45) is 1.90. The molecule has 6 rings (SSSR count). The quantitative estimate of drug-likeness (QED) is 0.318. The van der Waals surface area contributed by atoms with Crippen LogP contribution in [0.2, 0.25) is 0 Å². The first-order valence-electron chi connectivity index (χ1n) is 10.7. The van der Waals surface area contributed by atoms with Gasteiger partial charge in [0.25, 0.3) is 0 Å². The summed E-state index contributed by atoms with van der Waals surface area (Å²) >= 11 is 0. The van der Waals surface area contributed by atoms with E-state index in [2.05, 4.69) is 0 Å². The number of rotatable bonds is 5. The van der Waals surface area contributed by atoms with Crippen molar-refractivity contribution in [2.24, 2.45) is 0 Å². The van der Waals surface area contributed by atoms with Gasteiger partial charge in [0, 0.05) is 27.6 Å². The zero-order chi connectivity index (χ0) is 22.3. The van der Waals surface area contributed by atoms with Crippen molar-refractivity contribution in [1.82, 2.24) is 4.98 Å². The lowest BCUT2D eigenvalue weighted by Crippen LogP contribution is -2.18. The van der Waals surface area contributed by atoms with Crippen molar-refractivity contribution in [3.8, 4) is 22.8 Å². The third-order valence-electron chi connectivity index (χ3n) is 5.89. The minimum atomic E-state index is -3.03. The number of nitrogens with zero attached hydrogens (tertiary/aromatic N) is 1. The van der Waals surface area contributed by atoms with Gasteiger partial charge in [-0.1, -0.05) is 60.7 Å². The zero-order valence-corrected chi connectivity index (χ0v) is 18.6. The van der Waals surface area contributed by atoms with E-state index in [0.717, 1.165) is 27.1 Å². The predicted octanol–water partition coefficient (Wildman–Crippen LogP) is 5.74. The van der Waals surface area contributed by atoms with Gasteiger partial charge in [-0.15, -0.1) is 0 Å². The number of aromatic nitrogens is 1. The summed E-state index contributed by atoms with van der Waals surface area (Å²) in [5, 5.41) is 2.51. The molecule has 0 atom stereocenters. The largest absolute Gasteiger partial charge is 0.464 e. The highest BCUT2D eigenvalue weighted by molar-refractivity contribution is 7.78. The Balaban J connectivity index is 1.56. The smallest absolute Gasteiger partial charge is 0.231 e. The molecule has 5 aromatic rings. The van der Waals surface area contributed by atoms with Crippen LogP contribution in [0.1, 0.15) is 5.69 Å². The van der Waals surface area contributed by atoms with Crippen LogP contribution >= 0.6 is 7.14 Å². The molecular weight excluding hydrogens is 433 g/mol. The van der Waals surface area contributed by atoms with E-state index >= 15 is 0 Å². The van der Waals surface area contributed by atoms with Gasteiger partial charge in [0.2, 0.25) is 6.79 Å². The Morgan fingerprint density at radius 3 is 2.09 bits per heavy atom. The molecule has 0 radical (unpaired) electrons. The van der Waals surface area contributed by atoms with Gasteiger partial charge < -0.3 is 18.5 Å². The van der Waals surface area contributed by atoms with E-state index in [1.807, 2.05) is 91.0 Å². The first kappa shape index (κ1) is 19.8. The summed E-state index contributed by atoms with van der Waals surface area (Å²) in [7, 11) is -3.03. The van der Waals surface area contributed by atoms with Crippen LogP contribution in [0.25, 0.3) is 22.2 Å². The summed E-state index contributed by atoms with van der Waals surface area (Å²) in [6.45, 7) is 0.195. The van der Waals surface area contributed by atoms with Crippen LogP contribution < -0.4 is 20.1 Å². The molecule has 1 aliphatic rings. The van der Waals surface area contributed by atoms with Crippen molar-refractivity contribution in [3.63, 3.8) is 0 Å². The van der Waals surface area contributed by atoms with Crippen LogP contribution in [0.3, 0.4) is 0 Å². The third kappa shape index (κ3) is 3.51. The van der Waals surface area contributed by atoms with Gasteiger partial charge in [-0.25, -0.2) is 0 Å². The van der Waals surface area contributed by atoms with Gasteiger partial charge in [-0.3, -0.25) is 4.98 Å². The molecule has 0 bridgehead atoms. The Bertz CT molecular complexity index is 1440. The maximum absolute atomic E-state index is 14.7. The summed E-state index contributed by atoms with van der Waals surface area (Å²) in [6, 6.07) is 28.9. The fraction of sp³-hybridized carbons (Fsp3) is 0.0741. The number of pyridine rings is 1. The van der Waals surface area contributed by atoms with Gasteiger partial charge in [0.05, 0.1) is 23.6 Å². The molecule has 2 aromatic heterocycles. The van der Waals surface area contributed by atoms with Crippen LogP contribution in [0.5, 0.6) is 11.5 Å². The molecule has 0 amide bonds. The molecule has 0 spiro atoms. The van der Waals surface area contributed by atoms with Crippen molar-refractivity contribution >= 4 is 28.7 Å². The van der Waals surface area contributed by atoms with Crippen molar-refractivity contribution in [1.29, 1.82) is 0 Å². The number of ether oxygens (including phenoxy) is 2. The maximum Gasteiger partial charge on any atom is 0.231 e. The Kier molecular flexibility index (Phi) is 4.78. The Labute approximate surface area is 191 Å². The summed E-state index contributed by atoms with van der Waals surface area (Å²) in [4.78, 5) is 4.98. The molecule has 3 aromatic carbocycles. The average molecular weight is 453 g/mol. The molecule has 1 aliphatic heterocycles. The lowest BCUT2D eigenvalue weighted by atomic mass is 10.1. The second kappa shape index (κ2) is 7.95. The number of benzene rings is 3. The summed E-state index contributed by atoms with van der Waals surface area (Å²) in [5.74, 6) is 2.05. The summed E-state index contributed by atoms with van der Waals surface area (Å²) < 4.78 is 31.6. The molecule has 0 N–H and O–H groups in total. The normalized spacial score (nSPS) is 12.8. The van der Waals surface area contributed by atoms with Crippen LogP contribution in [-0.2, 0) is 10.7 Å². The fourth-order valence-electron chi connectivity index (χ4n) is 4.25. The molecule has 3 heterocycles. The van der Waals surface area contributed by atoms with E-state index in [0.29, 0.717) is 23.0 Å². The standard InChI is InChI=1S/C27H20NO4P/c29-33(20-8-3-1-4-9-20,21-10-5-2-6-11-21)17-24-22(25-12-7-13-30-25)14-19-15-26-27(32-18-31-26)16-23(19)28-24/h1-16H,17-18H2. The van der Waals surface area contributed by atoms with Gasteiger partial charge in [-0.05, 0) is 24.3 Å². The molecule has 5 nitrogen and oxygen atoms in total. The number of furan rings is 1. The van der Waals surface area contributed by atoms with Crippen molar-refractivity contribution < 1.29 is 18.5 Å². The van der Waals surface area contributed by atoms with Gasteiger partial charge in [-0.2, -0.15) is 0 Å². The van der Waals surface area contributed by atoms with Crippen LogP contribution in [-0.4, -0.2) is 11.8 Å². The SMILES string of the molecule is O=P(Cc1nc2cc3c(cc2cc1-c1ccco1)OCO3)(c1ccccc1)c1ccccc1. The fourth-order valence-corrected chi connectivity index (χ4v) is 6.88. The maximum atomic E-state index is 14.7. The zero-order valence-electron chi connectivity index (χ0n) is 17.7. The van der Waals surface area contributed by atoms with Crippen LogP contribution in [0.15, 0.2) is 102 Å². The molecular formula is C27H20NO4P. The topological polar surface area (TPSA) is 61.6 Å². The molecule has 0 unspecified atom stereocenters. The third-order valence-corrected chi connectivity index (χ3v) is 8.90. The first-order valence-corrected chi connectivity index (χ1v) is 12.6. The Morgan fingerprint density at radius 2 is 1.45 bits per heavy atom. The van der Waals surface area contributed by atoms with E-state index in [9.17, 15) is 4.57 Å². The van der Waals surface area contributed by atoms with Crippen molar-refractivity contribution in [3.05, 3.63) is 103 Å². The van der Waals surface area contributed by atoms with E-state index in [1.54, 1.807) is 6.26 Å². The van der Waals surface area contributed by atoms with Crippen molar-refractivity contribution in [2.45, 2.75) is 6.16 Å². The van der Waals surface area contributed by atoms with Crippen LogP contribution in [0.4, 0.5) is 0 Å². The highest BCUT2D eigenvalue weighted by Gasteiger charge is 2.30. The molecule has 0 saturated carbocycles. The van der Waals surface area contributed by atoms with Gasteiger partial charge in [0.15, 0.2) is 11.5 Å². The number of hydrogen-bond acceptors (Lipinski definition) is 5. The van der Waals surface area contributed by atoms with E-state index in [4.69, 9.17) is 18.9 Å². The highest BCUT2D eigenvalue weighted by Crippen LogP contribution is 2.48. The molecule has 33 heavy (non-hydrogen) atoms. The first-order chi connectivity index (χ1) is 16.2. The molecule has 6 heteroatoms. The van der Waals surface area contributed by atoms with Crippen molar-refractivity contribution in [2.75, 3.05) is 6.79 Å². The summed E-state index contributed by atoms with van der Waals surface area (Å²) in [5.41, 5.74) is 2.29. The van der Waals surface area contributed by atoms with E-state index in [-0.39, 0.29) is 13.0 Å². The van der Waals surface area contributed by atoms with Crippen LogP contribution in [0, 0.1) is 0 Å². The second-order valence-electron chi connectivity index (χ2n) is 7.93. The van der Waals surface area contributed by atoms with E-state index in [1.165, 1.54) is 0 Å². The van der Waals surface area contributed by atoms with Gasteiger partial charge in [0.1, 0.15) is 12.9 Å². The molecule has 0 saturated heterocycles. The van der Waals surface area contributed by atoms with Gasteiger partial charge >= 0.3 is 0 Å².